The van der Waals surface area contributed by atoms with Crippen LogP contribution in [0, 0.1) is 0 Å². The quantitative estimate of drug-likeness (QED) is 0.899. The number of benzene rings is 1. The lowest BCUT2D eigenvalue weighted by atomic mass is 10.0. The van der Waals surface area contributed by atoms with E-state index in [9.17, 15) is 18.0 Å². The number of piperidine rings is 1. The molecule has 116 valence electrons. The second kappa shape index (κ2) is 6.13. The third-order valence-electron chi connectivity index (χ3n) is 3.58. The number of halogens is 4. The van der Waals surface area contributed by atoms with Crippen LogP contribution in [0.4, 0.5) is 18.9 Å². The van der Waals surface area contributed by atoms with E-state index in [1.54, 1.807) is 4.90 Å². The summed E-state index contributed by atoms with van der Waals surface area (Å²) in [5.74, 6) is 0.0271. The first-order chi connectivity index (χ1) is 9.77. The molecule has 0 aromatic heterocycles. The summed E-state index contributed by atoms with van der Waals surface area (Å²) < 4.78 is 38.4. The molecule has 1 amide bonds. The van der Waals surface area contributed by atoms with Crippen LogP contribution in [-0.4, -0.2) is 29.9 Å². The molecule has 1 fully saturated rings. The van der Waals surface area contributed by atoms with Gasteiger partial charge in [-0.1, -0.05) is 11.6 Å². The van der Waals surface area contributed by atoms with Gasteiger partial charge in [0, 0.05) is 31.7 Å². The van der Waals surface area contributed by atoms with E-state index in [0.29, 0.717) is 31.6 Å². The van der Waals surface area contributed by atoms with E-state index in [2.05, 4.69) is 5.32 Å². The third-order valence-corrected chi connectivity index (χ3v) is 3.91. The average molecular weight is 321 g/mol. The molecule has 7 heteroatoms. The number of likely N-dealkylation sites (tertiary alicyclic amines) is 1. The van der Waals surface area contributed by atoms with E-state index in [4.69, 9.17) is 11.6 Å². The highest BCUT2D eigenvalue weighted by atomic mass is 35.5. The average Bonchev–Trinajstić information content (AvgIpc) is 2.40. The SMILES string of the molecule is CC(=O)N1CCC(Nc2ccc(Cl)c(C(F)(F)F)c2)CC1. The first-order valence-corrected chi connectivity index (χ1v) is 7.04. The number of carbonyl (C=O) groups is 1. The fraction of sp³-hybridized carbons (Fsp3) is 0.500. The summed E-state index contributed by atoms with van der Waals surface area (Å²) in [6, 6.07) is 3.87. The van der Waals surface area contributed by atoms with Gasteiger partial charge in [-0.3, -0.25) is 4.79 Å². The molecule has 21 heavy (non-hydrogen) atoms. The van der Waals surface area contributed by atoms with Gasteiger partial charge in [0.05, 0.1) is 10.6 Å². The summed E-state index contributed by atoms with van der Waals surface area (Å²) in [5, 5.41) is 2.78. The van der Waals surface area contributed by atoms with Crippen LogP contribution in [0.1, 0.15) is 25.3 Å². The Morgan fingerprint density at radius 1 is 1.33 bits per heavy atom. The number of nitrogens with one attached hydrogen (secondary N) is 1. The number of carbonyl (C=O) groups excluding carboxylic acids is 1. The molecule has 1 saturated heterocycles. The van der Waals surface area contributed by atoms with Crippen molar-refractivity contribution in [1.29, 1.82) is 0 Å². The monoisotopic (exact) mass is 320 g/mol. The van der Waals surface area contributed by atoms with Gasteiger partial charge in [-0.15, -0.1) is 0 Å². The van der Waals surface area contributed by atoms with Crippen LogP contribution in [0.5, 0.6) is 0 Å². The van der Waals surface area contributed by atoms with Crippen LogP contribution in [0.3, 0.4) is 0 Å². The van der Waals surface area contributed by atoms with E-state index in [1.807, 2.05) is 0 Å². The van der Waals surface area contributed by atoms with Gasteiger partial charge in [0.1, 0.15) is 0 Å². The minimum Gasteiger partial charge on any atom is -0.382 e. The van der Waals surface area contributed by atoms with E-state index in [0.717, 1.165) is 6.07 Å². The molecule has 0 atom stereocenters. The Labute approximate surface area is 126 Å². The predicted octanol–water partition coefficient (Wildman–Crippen LogP) is 3.78. The Morgan fingerprint density at radius 2 is 1.95 bits per heavy atom. The molecule has 1 aromatic rings. The lowest BCUT2D eigenvalue weighted by Crippen LogP contribution is -2.41. The van der Waals surface area contributed by atoms with E-state index >= 15 is 0 Å². The highest BCUT2D eigenvalue weighted by molar-refractivity contribution is 6.31. The molecule has 1 aliphatic rings. The van der Waals surface area contributed by atoms with Crippen LogP contribution in [0.2, 0.25) is 5.02 Å². The zero-order valence-corrected chi connectivity index (χ0v) is 12.3. The Hall–Kier alpha value is -1.43. The number of rotatable bonds is 2. The Kier molecular flexibility index (Phi) is 4.66. The largest absolute Gasteiger partial charge is 0.417 e. The van der Waals surface area contributed by atoms with E-state index < -0.39 is 11.7 Å². The van der Waals surface area contributed by atoms with E-state index in [1.165, 1.54) is 19.1 Å². The maximum absolute atomic E-state index is 12.8. The lowest BCUT2D eigenvalue weighted by Gasteiger charge is -2.32. The molecule has 2 rings (SSSR count). The standard InChI is InChI=1S/C14H16ClF3N2O/c1-9(21)20-6-4-10(5-7-20)19-11-2-3-13(15)12(8-11)14(16,17)18/h2-3,8,10,19H,4-7H2,1H3. The third kappa shape index (κ3) is 4.03. The number of hydrogen-bond donors (Lipinski definition) is 1. The smallest absolute Gasteiger partial charge is 0.382 e. The molecule has 0 saturated carbocycles. The lowest BCUT2D eigenvalue weighted by molar-refractivity contribution is -0.137. The first kappa shape index (κ1) is 15.9. The Morgan fingerprint density at radius 3 is 2.48 bits per heavy atom. The molecular weight excluding hydrogens is 305 g/mol. The molecule has 0 aliphatic carbocycles. The first-order valence-electron chi connectivity index (χ1n) is 6.66. The zero-order chi connectivity index (χ0) is 15.6. The topological polar surface area (TPSA) is 32.3 Å². The van der Waals surface area contributed by atoms with Gasteiger partial charge < -0.3 is 10.2 Å². The molecule has 0 unspecified atom stereocenters. The molecule has 1 heterocycles. The summed E-state index contributed by atoms with van der Waals surface area (Å²) in [5.41, 5.74) is -0.441. The molecule has 0 bridgehead atoms. The van der Waals surface area contributed by atoms with Crippen molar-refractivity contribution in [3.8, 4) is 0 Å². The van der Waals surface area contributed by atoms with Crippen molar-refractivity contribution in [2.75, 3.05) is 18.4 Å². The molecule has 0 radical (unpaired) electrons. The van der Waals surface area contributed by atoms with Crippen LogP contribution >= 0.6 is 11.6 Å². The molecule has 1 aromatic carbocycles. The highest BCUT2D eigenvalue weighted by Gasteiger charge is 2.33. The van der Waals surface area contributed by atoms with E-state index in [-0.39, 0.29) is 17.0 Å². The Bertz CT molecular complexity index is 525. The van der Waals surface area contributed by atoms with Crippen LogP contribution in [-0.2, 0) is 11.0 Å². The summed E-state index contributed by atoms with van der Waals surface area (Å²) in [6.45, 7) is 2.75. The number of alkyl halides is 3. The highest BCUT2D eigenvalue weighted by Crippen LogP contribution is 2.36. The molecule has 1 aliphatic heterocycles. The van der Waals surface area contributed by atoms with Crippen molar-refractivity contribution < 1.29 is 18.0 Å². The molecular formula is C14H16ClF3N2O. The van der Waals surface area contributed by atoms with Gasteiger partial charge in [0.25, 0.3) is 0 Å². The van der Waals surface area contributed by atoms with Crippen molar-refractivity contribution in [3.05, 3.63) is 28.8 Å². The van der Waals surface area contributed by atoms with Crippen molar-refractivity contribution in [2.45, 2.75) is 32.0 Å². The maximum Gasteiger partial charge on any atom is 0.417 e. The minimum atomic E-state index is -4.47. The Balaban J connectivity index is 2.03. The molecule has 3 nitrogen and oxygen atoms in total. The van der Waals surface area contributed by atoms with Crippen LogP contribution < -0.4 is 5.32 Å². The van der Waals surface area contributed by atoms with Crippen molar-refractivity contribution >= 4 is 23.2 Å². The van der Waals surface area contributed by atoms with Gasteiger partial charge >= 0.3 is 6.18 Å². The molecule has 0 spiro atoms. The van der Waals surface area contributed by atoms with Crippen molar-refractivity contribution in [2.24, 2.45) is 0 Å². The second-order valence-electron chi connectivity index (χ2n) is 5.12. The van der Waals surface area contributed by atoms with Gasteiger partial charge in [-0.05, 0) is 31.0 Å². The van der Waals surface area contributed by atoms with Crippen LogP contribution in [0.15, 0.2) is 18.2 Å². The summed E-state index contributed by atoms with van der Waals surface area (Å²) in [7, 11) is 0. The number of hydrogen-bond acceptors (Lipinski definition) is 2. The van der Waals surface area contributed by atoms with Crippen molar-refractivity contribution in [3.63, 3.8) is 0 Å². The van der Waals surface area contributed by atoms with Gasteiger partial charge in [0.15, 0.2) is 0 Å². The number of anilines is 1. The second-order valence-corrected chi connectivity index (χ2v) is 5.52. The summed E-state index contributed by atoms with van der Waals surface area (Å²) >= 11 is 5.59. The maximum atomic E-state index is 12.8. The zero-order valence-electron chi connectivity index (χ0n) is 11.5. The molecule has 1 N–H and O–H groups in total. The van der Waals surface area contributed by atoms with Gasteiger partial charge in [-0.2, -0.15) is 13.2 Å². The normalized spacial score (nSPS) is 16.9. The summed E-state index contributed by atoms with van der Waals surface area (Å²) in [4.78, 5) is 13.0. The number of amides is 1. The summed E-state index contributed by atoms with van der Waals surface area (Å²) in [6.07, 6.45) is -3.04. The fourth-order valence-corrected chi connectivity index (χ4v) is 2.63. The fourth-order valence-electron chi connectivity index (χ4n) is 2.41. The predicted molar refractivity (Wildman–Crippen MR) is 75.4 cm³/mol. The van der Waals surface area contributed by atoms with Crippen molar-refractivity contribution in [1.82, 2.24) is 4.90 Å². The van der Waals surface area contributed by atoms with Crippen LogP contribution in [0.25, 0.3) is 0 Å². The number of nitrogens with zero attached hydrogens (tertiary/aromatic N) is 1. The van der Waals surface area contributed by atoms with Gasteiger partial charge in [0.2, 0.25) is 5.91 Å². The van der Waals surface area contributed by atoms with Gasteiger partial charge in [-0.25, -0.2) is 0 Å². The minimum absolute atomic E-state index is 0.0271.